The first-order valence-electron chi connectivity index (χ1n) is 11.2. The van der Waals surface area contributed by atoms with Gasteiger partial charge in [-0.25, -0.2) is 4.98 Å². The first-order valence-corrected chi connectivity index (χ1v) is 12.8. The molecule has 2 aromatic carbocycles. The van der Waals surface area contributed by atoms with Crippen molar-refractivity contribution in [1.29, 1.82) is 0 Å². The van der Waals surface area contributed by atoms with Gasteiger partial charge in [-0.15, -0.1) is 11.3 Å². The third-order valence-electron chi connectivity index (χ3n) is 5.32. The molecular weight excluding hydrogens is 471 g/mol. The summed E-state index contributed by atoms with van der Waals surface area (Å²) in [5, 5.41) is 1.97. The summed E-state index contributed by atoms with van der Waals surface area (Å²) in [6.07, 6.45) is 6.52. The summed E-state index contributed by atoms with van der Waals surface area (Å²) in [5.74, 6) is 0.490. The van der Waals surface area contributed by atoms with Gasteiger partial charge in [0.1, 0.15) is 6.29 Å². The number of hydrogen-bond donors (Lipinski definition) is 0. The molecule has 1 heterocycles. The Hall–Kier alpha value is -2.14. The van der Waals surface area contributed by atoms with Crippen LogP contribution >= 0.6 is 34.5 Å². The predicted octanol–water partition coefficient (Wildman–Crippen LogP) is 8.25. The van der Waals surface area contributed by atoms with Crippen LogP contribution in [0.5, 0.6) is 0 Å². The molecule has 0 radical (unpaired) electrons. The van der Waals surface area contributed by atoms with E-state index in [0.717, 1.165) is 29.1 Å². The normalized spacial score (nSPS) is 11.5. The SMILES string of the molecule is C/C=C\c1cc(CN(CCC=O)c2nc(-c3ccc(Cl)c(Cl)c3)c(CC(C)C)s2)ccc1C. The number of aromatic nitrogens is 1. The van der Waals surface area contributed by atoms with E-state index in [-0.39, 0.29) is 0 Å². The van der Waals surface area contributed by atoms with Crippen LogP contribution in [0.2, 0.25) is 10.0 Å². The number of aldehydes is 1. The predicted molar refractivity (Wildman–Crippen MR) is 144 cm³/mol. The third-order valence-corrected chi connectivity index (χ3v) is 7.20. The summed E-state index contributed by atoms with van der Waals surface area (Å²) in [4.78, 5) is 19.7. The van der Waals surface area contributed by atoms with Crippen LogP contribution in [0.15, 0.2) is 42.5 Å². The van der Waals surface area contributed by atoms with Crippen LogP contribution in [0, 0.1) is 12.8 Å². The molecule has 0 aliphatic rings. The Labute approximate surface area is 211 Å². The summed E-state index contributed by atoms with van der Waals surface area (Å²) >= 11 is 14.2. The Bertz CT molecular complexity index is 1140. The molecule has 0 amide bonds. The van der Waals surface area contributed by atoms with Gasteiger partial charge in [0.05, 0.1) is 15.7 Å². The Balaban J connectivity index is 2.01. The smallest absolute Gasteiger partial charge is 0.186 e. The number of halogens is 2. The minimum absolute atomic E-state index is 0.453. The van der Waals surface area contributed by atoms with E-state index in [1.165, 1.54) is 21.6 Å². The highest BCUT2D eigenvalue weighted by atomic mass is 35.5. The standard InChI is InChI=1S/C27H30Cl2N2OS/c1-5-7-21-15-20(9-8-19(21)4)17-31(12-6-13-32)27-30-26(25(33-27)14-18(2)3)22-10-11-23(28)24(29)16-22/h5,7-11,13,15-16,18H,6,12,14,17H2,1-4H3/b7-5-. The van der Waals surface area contributed by atoms with E-state index in [1.807, 2.05) is 25.1 Å². The molecule has 0 fully saturated rings. The van der Waals surface area contributed by atoms with Gasteiger partial charge in [-0.2, -0.15) is 0 Å². The Morgan fingerprint density at radius 1 is 1.12 bits per heavy atom. The molecule has 174 valence electrons. The minimum Gasteiger partial charge on any atom is -0.343 e. The van der Waals surface area contributed by atoms with Gasteiger partial charge in [-0.3, -0.25) is 0 Å². The average Bonchev–Trinajstić information content (AvgIpc) is 3.18. The van der Waals surface area contributed by atoms with Gasteiger partial charge >= 0.3 is 0 Å². The number of anilines is 1. The maximum atomic E-state index is 11.2. The molecule has 0 N–H and O–H groups in total. The molecule has 0 aliphatic carbocycles. The van der Waals surface area contributed by atoms with Gasteiger partial charge < -0.3 is 9.69 Å². The van der Waals surface area contributed by atoms with Crippen LogP contribution < -0.4 is 4.90 Å². The summed E-state index contributed by atoms with van der Waals surface area (Å²) < 4.78 is 0. The number of carbonyl (C=O) groups excluding carboxylic acids is 1. The summed E-state index contributed by atoms with van der Waals surface area (Å²) in [5.41, 5.74) is 5.55. The maximum Gasteiger partial charge on any atom is 0.186 e. The third kappa shape index (κ3) is 6.69. The first kappa shape index (κ1) is 25.5. The molecular formula is C27H30Cl2N2OS. The van der Waals surface area contributed by atoms with Crippen molar-refractivity contribution in [2.75, 3.05) is 11.4 Å². The highest BCUT2D eigenvalue weighted by Crippen LogP contribution is 2.37. The average molecular weight is 502 g/mol. The largest absolute Gasteiger partial charge is 0.343 e. The number of aryl methyl sites for hydroxylation is 1. The van der Waals surface area contributed by atoms with Crippen LogP contribution in [0.4, 0.5) is 5.13 Å². The van der Waals surface area contributed by atoms with E-state index in [0.29, 0.717) is 35.5 Å². The number of allylic oxidation sites excluding steroid dienone is 1. The molecule has 0 saturated heterocycles. The zero-order valence-electron chi connectivity index (χ0n) is 19.6. The summed E-state index contributed by atoms with van der Waals surface area (Å²) in [6.45, 7) is 9.86. The summed E-state index contributed by atoms with van der Waals surface area (Å²) in [6, 6.07) is 12.2. The Morgan fingerprint density at radius 2 is 1.91 bits per heavy atom. The fraction of sp³-hybridized carbons (Fsp3) is 0.333. The van der Waals surface area contributed by atoms with Gasteiger partial charge in [-0.05, 0) is 61.1 Å². The fourth-order valence-electron chi connectivity index (χ4n) is 3.67. The Morgan fingerprint density at radius 3 is 2.58 bits per heavy atom. The lowest BCUT2D eigenvalue weighted by molar-refractivity contribution is -0.107. The molecule has 3 nitrogen and oxygen atoms in total. The molecule has 3 aromatic rings. The van der Waals surface area contributed by atoms with Crippen LogP contribution in [-0.2, 0) is 17.8 Å². The van der Waals surface area contributed by atoms with Crippen molar-refractivity contribution in [3.05, 3.63) is 74.1 Å². The zero-order chi connectivity index (χ0) is 24.0. The topological polar surface area (TPSA) is 33.2 Å². The van der Waals surface area contributed by atoms with Crippen molar-refractivity contribution in [2.45, 2.75) is 47.1 Å². The molecule has 0 spiro atoms. The van der Waals surface area contributed by atoms with Gasteiger partial charge in [0.2, 0.25) is 0 Å². The second-order valence-corrected chi connectivity index (χ2v) is 10.4. The molecule has 3 rings (SSSR count). The van der Waals surface area contributed by atoms with E-state index in [9.17, 15) is 4.79 Å². The van der Waals surface area contributed by atoms with Crippen molar-refractivity contribution in [2.24, 2.45) is 5.92 Å². The van der Waals surface area contributed by atoms with Gasteiger partial charge in [-0.1, -0.05) is 67.4 Å². The maximum absolute atomic E-state index is 11.2. The molecule has 0 unspecified atom stereocenters. The lowest BCUT2D eigenvalue weighted by atomic mass is 10.0. The second-order valence-electron chi connectivity index (χ2n) is 8.56. The van der Waals surface area contributed by atoms with Crippen molar-refractivity contribution >= 4 is 52.0 Å². The highest BCUT2D eigenvalue weighted by molar-refractivity contribution is 7.16. The lowest BCUT2D eigenvalue weighted by Gasteiger charge is -2.21. The van der Waals surface area contributed by atoms with E-state index in [2.05, 4.69) is 56.0 Å². The molecule has 33 heavy (non-hydrogen) atoms. The fourth-order valence-corrected chi connectivity index (χ4v) is 5.29. The monoisotopic (exact) mass is 500 g/mol. The number of nitrogens with zero attached hydrogens (tertiary/aromatic N) is 2. The van der Waals surface area contributed by atoms with E-state index in [1.54, 1.807) is 11.3 Å². The van der Waals surface area contributed by atoms with Crippen molar-refractivity contribution in [3.8, 4) is 11.3 Å². The van der Waals surface area contributed by atoms with Crippen molar-refractivity contribution in [1.82, 2.24) is 4.98 Å². The molecule has 0 bridgehead atoms. The minimum atomic E-state index is 0.453. The molecule has 0 saturated carbocycles. The number of rotatable bonds is 10. The Kier molecular flexibility index (Phi) is 9.13. The van der Waals surface area contributed by atoms with Gasteiger partial charge in [0.15, 0.2) is 5.13 Å². The molecule has 0 atom stereocenters. The van der Waals surface area contributed by atoms with Crippen LogP contribution in [0.1, 0.15) is 48.8 Å². The number of benzene rings is 2. The lowest BCUT2D eigenvalue weighted by Crippen LogP contribution is -2.24. The quantitative estimate of drug-likeness (QED) is 0.262. The molecule has 6 heteroatoms. The van der Waals surface area contributed by atoms with Gasteiger partial charge in [0.25, 0.3) is 0 Å². The molecule has 1 aromatic heterocycles. The first-order chi connectivity index (χ1) is 15.8. The second kappa shape index (κ2) is 11.8. The van der Waals surface area contributed by atoms with Crippen LogP contribution in [-0.4, -0.2) is 17.8 Å². The van der Waals surface area contributed by atoms with E-state index >= 15 is 0 Å². The van der Waals surface area contributed by atoms with Crippen LogP contribution in [0.3, 0.4) is 0 Å². The molecule has 0 aliphatic heterocycles. The van der Waals surface area contributed by atoms with Crippen LogP contribution in [0.25, 0.3) is 17.3 Å². The van der Waals surface area contributed by atoms with E-state index in [4.69, 9.17) is 28.2 Å². The zero-order valence-corrected chi connectivity index (χ0v) is 21.9. The van der Waals surface area contributed by atoms with Crippen molar-refractivity contribution < 1.29 is 4.79 Å². The summed E-state index contributed by atoms with van der Waals surface area (Å²) in [7, 11) is 0. The highest BCUT2D eigenvalue weighted by Gasteiger charge is 2.19. The van der Waals surface area contributed by atoms with Crippen molar-refractivity contribution in [3.63, 3.8) is 0 Å². The van der Waals surface area contributed by atoms with E-state index < -0.39 is 0 Å². The van der Waals surface area contributed by atoms with Gasteiger partial charge in [0, 0.05) is 30.0 Å². The number of hydrogen-bond acceptors (Lipinski definition) is 4. The number of thiazole rings is 1. The number of carbonyl (C=O) groups is 1.